The van der Waals surface area contributed by atoms with E-state index in [2.05, 4.69) is 22.5 Å². The Labute approximate surface area is 138 Å². The lowest BCUT2D eigenvalue weighted by molar-refractivity contribution is -0.117. The van der Waals surface area contributed by atoms with Crippen molar-refractivity contribution in [2.45, 2.75) is 39.7 Å². The number of likely N-dealkylation sites (tertiary alicyclic amines) is 1. The molecular weight excluding hydrogens is 290 g/mol. The van der Waals surface area contributed by atoms with Crippen LogP contribution in [0.25, 0.3) is 0 Å². The number of amides is 2. The van der Waals surface area contributed by atoms with Gasteiger partial charge in [-0.05, 0) is 70.0 Å². The van der Waals surface area contributed by atoms with Crippen molar-refractivity contribution in [1.82, 2.24) is 10.2 Å². The second kappa shape index (κ2) is 8.11. The van der Waals surface area contributed by atoms with E-state index in [9.17, 15) is 9.59 Å². The molecular formula is C18H27N3O2. The maximum absolute atomic E-state index is 12.1. The Hall–Kier alpha value is -1.88. The summed E-state index contributed by atoms with van der Waals surface area (Å²) >= 11 is 0. The Kier molecular flexibility index (Phi) is 6.16. The first-order chi connectivity index (χ1) is 10.9. The maximum Gasteiger partial charge on any atom is 0.251 e. The van der Waals surface area contributed by atoms with Crippen LogP contribution in [-0.2, 0) is 4.79 Å². The fourth-order valence-corrected chi connectivity index (χ4v) is 2.67. The molecule has 5 heteroatoms. The standard InChI is InChI=1S/C18H27N3O2/c1-13(2)19-18(23)15-4-6-16(7-5-15)20-17(22)12-21-10-8-14(3)9-11-21/h4-7,13-14H,8-12H2,1-3H3,(H,19,23)(H,20,22). The first kappa shape index (κ1) is 17.5. The van der Waals surface area contributed by atoms with E-state index in [0.717, 1.165) is 37.5 Å². The first-order valence-electron chi connectivity index (χ1n) is 8.37. The summed E-state index contributed by atoms with van der Waals surface area (Å²) in [4.78, 5) is 26.2. The van der Waals surface area contributed by atoms with Gasteiger partial charge < -0.3 is 10.6 Å². The molecule has 23 heavy (non-hydrogen) atoms. The van der Waals surface area contributed by atoms with Crippen molar-refractivity contribution in [3.63, 3.8) is 0 Å². The minimum Gasteiger partial charge on any atom is -0.350 e. The predicted octanol–water partition coefficient (Wildman–Crippen LogP) is 2.50. The van der Waals surface area contributed by atoms with Crippen molar-refractivity contribution in [2.24, 2.45) is 5.92 Å². The molecule has 0 saturated carbocycles. The normalized spacial score (nSPS) is 16.3. The molecule has 1 aromatic carbocycles. The van der Waals surface area contributed by atoms with Gasteiger partial charge in [-0.3, -0.25) is 14.5 Å². The third-order valence-corrected chi connectivity index (χ3v) is 4.09. The van der Waals surface area contributed by atoms with Crippen LogP contribution in [0.5, 0.6) is 0 Å². The molecule has 2 amide bonds. The molecule has 1 aliphatic heterocycles. The fourth-order valence-electron chi connectivity index (χ4n) is 2.67. The molecule has 1 fully saturated rings. The second-order valence-electron chi connectivity index (χ2n) is 6.71. The van der Waals surface area contributed by atoms with Gasteiger partial charge in [0.25, 0.3) is 5.91 Å². The molecule has 1 heterocycles. The Balaban J connectivity index is 1.83. The second-order valence-corrected chi connectivity index (χ2v) is 6.71. The minimum absolute atomic E-state index is 0.000986. The highest BCUT2D eigenvalue weighted by atomic mass is 16.2. The Bertz CT molecular complexity index is 532. The summed E-state index contributed by atoms with van der Waals surface area (Å²) in [6.45, 7) is 8.52. The van der Waals surface area contributed by atoms with Gasteiger partial charge in [-0.15, -0.1) is 0 Å². The number of nitrogens with one attached hydrogen (secondary N) is 2. The van der Waals surface area contributed by atoms with Crippen LogP contribution in [0.1, 0.15) is 44.0 Å². The Morgan fingerprint density at radius 1 is 1.17 bits per heavy atom. The van der Waals surface area contributed by atoms with Crippen LogP contribution in [0.2, 0.25) is 0 Å². The highest BCUT2D eigenvalue weighted by Crippen LogP contribution is 2.16. The van der Waals surface area contributed by atoms with E-state index in [0.29, 0.717) is 12.1 Å². The molecule has 0 unspecified atom stereocenters. The maximum atomic E-state index is 12.1. The number of hydrogen-bond donors (Lipinski definition) is 2. The molecule has 5 nitrogen and oxygen atoms in total. The Morgan fingerprint density at radius 3 is 2.35 bits per heavy atom. The highest BCUT2D eigenvalue weighted by molar-refractivity contribution is 5.96. The topological polar surface area (TPSA) is 61.4 Å². The number of carbonyl (C=O) groups is 2. The van der Waals surface area contributed by atoms with Crippen molar-refractivity contribution < 1.29 is 9.59 Å². The van der Waals surface area contributed by atoms with Gasteiger partial charge in [-0.1, -0.05) is 6.92 Å². The molecule has 0 bridgehead atoms. The van der Waals surface area contributed by atoms with Crippen LogP contribution in [0.15, 0.2) is 24.3 Å². The molecule has 126 valence electrons. The van der Waals surface area contributed by atoms with Crippen LogP contribution in [0, 0.1) is 5.92 Å². The van der Waals surface area contributed by atoms with Crippen molar-refractivity contribution in [2.75, 3.05) is 25.0 Å². The summed E-state index contributed by atoms with van der Waals surface area (Å²) in [5.74, 6) is 0.665. The van der Waals surface area contributed by atoms with Crippen LogP contribution in [0.3, 0.4) is 0 Å². The number of carbonyl (C=O) groups excluding carboxylic acids is 2. The molecule has 0 spiro atoms. The lowest BCUT2D eigenvalue weighted by atomic mass is 9.99. The van der Waals surface area contributed by atoms with Crippen LogP contribution >= 0.6 is 0 Å². The van der Waals surface area contributed by atoms with E-state index in [1.807, 2.05) is 13.8 Å². The lowest BCUT2D eigenvalue weighted by Gasteiger charge is -2.29. The number of rotatable bonds is 5. The molecule has 1 aliphatic rings. The fraction of sp³-hybridized carbons (Fsp3) is 0.556. The summed E-state index contributed by atoms with van der Waals surface area (Å²) in [5.41, 5.74) is 1.32. The number of hydrogen-bond acceptors (Lipinski definition) is 3. The average molecular weight is 317 g/mol. The van der Waals surface area contributed by atoms with Gasteiger partial charge in [0.2, 0.25) is 5.91 Å². The van der Waals surface area contributed by atoms with Crippen molar-refractivity contribution in [3.05, 3.63) is 29.8 Å². The summed E-state index contributed by atoms with van der Waals surface area (Å²) in [6, 6.07) is 7.11. The van der Waals surface area contributed by atoms with Crippen LogP contribution in [-0.4, -0.2) is 42.4 Å². The first-order valence-corrected chi connectivity index (χ1v) is 8.37. The summed E-state index contributed by atoms with van der Waals surface area (Å²) < 4.78 is 0. The predicted molar refractivity (Wildman–Crippen MR) is 92.5 cm³/mol. The SMILES string of the molecule is CC1CCN(CC(=O)Nc2ccc(C(=O)NC(C)C)cc2)CC1. The molecule has 1 aromatic rings. The third-order valence-electron chi connectivity index (χ3n) is 4.09. The van der Waals surface area contributed by atoms with E-state index in [1.165, 1.54) is 0 Å². The molecule has 2 N–H and O–H groups in total. The third kappa shape index (κ3) is 5.67. The van der Waals surface area contributed by atoms with Crippen molar-refractivity contribution >= 4 is 17.5 Å². The minimum atomic E-state index is -0.0969. The molecule has 0 aliphatic carbocycles. The van der Waals surface area contributed by atoms with Gasteiger partial charge >= 0.3 is 0 Å². The molecule has 0 aromatic heterocycles. The molecule has 0 radical (unpaired) electrons. The van der Waals surface area contributed by atoms with E-state index < -0.39 is 0 Å². The summed E-state index contributed by atoms with van der Waals surface area (Å²) in [5, 5.41) is 5.74. The number of nitrogens with zero attached hydrogens (tertiary/aromatic N) is 1. The van der Waals surface area contributed by atoms with Gasteiger partial charge in [0, 0.05) is 17.3 Å². The van der Waals surface area contributed by atoms with Gasteiger partial charge in [0.15, 0.2) is 0 Å². The van der Waals surface area contributed by atoms with Crippen molar-refractivity contribution in [3.8, 4) is 0 Å². The largest absolute Gasteiger partial charge is 0.350 e. The van der Waals surface area contributed by atoms with Crippen LogP contribution in [0.4, 0.5) is 5.69 Å². The van der Waals surface area contributed by atoms with Gasteiger partial charge in [-0.25, -0.2) is 0 Å². The number of benzene rings is 1. The summed E-state index contributed by atoms with van der Waals surface area (Å²) in [7, 11) is 0. The molecule has 0 atom stereocenters. The quantitative estimate of drug-likeness (QED) is 0.877. The van der Waals surface area contributed by atoms with Gasteiger partial charge in [0.05, 0.1) is 6.54 Å². The summed E-state index contributed by atoms with van der Waals surface area (Å²) in [6.07, 6.45) is 2.32. The lowest BCUT2D eigenvalue weighted by Crippen LogP contribution is -2.38. The van der Waals surface area contributed by atoms with E-state index in [4.69, 9.17) is 0 Å². The van der Waals surface area contributed by atoms with E-state index >= 15 is 0 Å². The van der Waals surface area contributed by atoms with Gasteiger partial charge in [-0.2, -0.15) is 0 Å². The molecule has 1 saturated heterocycles. The average Bonchev–Trinajstić information content (AvgIpc) is 2.49. The smallest absolute Gasteiger partial charge is 0.251 e. The van der Waals surface area contributed by atoms with E-state index in [1.54, 1.807) is 24.3 Å². The zero-order valence-corrected chi connectivity index (χ0v) is 14.3. The van der Waals surface area contributed by atoms with Gasteiger partial charge in [0.1, 0.15) is 0 Å². The van der Waals surface area contributed by atoms with Crippen LogP contribution < -0.4 is 10.6 Å². The monoisotopic (exact) mass is 317 g/mol. The van der Waals surface area contributed by atoms with E-state index in [-0.39, 0.29) is 17.9 Å². The zero-order valence-electron chi connectivity index (χ0n) is 14.3. The zero-order chi connectivity index (χ0) is 16.8. The number of anilines is 1. The Morgan fingerprint density at radius 2 is 1.78 bits per heavy atom. The highest BCUT2D eigenvalue weighted by Gasteiger charge is 2.18. The van der Waals surface area contributed by atoms with Crippen molar-refractivity contribution in [1.29, 1.82) is 0 Å². The molecule has 2 rings (SSSR count). The number of piperidine rings is 1.